The smallest absolute Gasteiger partial charge is 0.260 e. The van der Waals surface area contributed by atoms with Gasteiger partial charge < -0.3 is 9.64 Å². The Hall–Kier alpha value is -2.45. The molecule has 144 valence electrons. The van der Waals surface area contributed by atoms with Gasteiger partial charge in [0.1, 0.15) is 11.6 Å². The fourth-order valence-electron chi connectivity index (χ4n) is 2.86. The number of piperazine rings is 1. The Morgan fingerprint density at radius 1 is 0.963 bits per heavy atom. The van der Waals surface area contributed by atoms with Gasteiger partial charge in [0.05, 0.1) is 5.75 Å². The van der Waals surface area contributed by atoms with Crippen molar-refractivity contribution < 1.29 is 22.3 Å². The zero-order chi connectivity index (χ0) is 19.3. The molecule has 0 aromatic heterocycles. The predicted molar refractivity (Wildman–Crippen MR) is 99.1 cm³/mol. The molecule has 0 spiro atoms. The lowest BCUT2D eigenvalue weighted by atomic mass is 10.2. The van der Waals surface area contributed by atoms with E-state index in [4.69, 9.17) is 4.74 Å². The van der Waals surface area contributed by atoms with Crippen LogP contribution in [0.5, 0.6) is 5.75 Å². The van der Waals surface area contributed by atoms with Gasteiger partial charge in [-0.05, 0) is 29.8 Å². The molecule has 0 N–H and O–H groups in total. The second-order valence-electron chi connectivity index (χ2n) is 6.26. The minimum Gasteiger partial charge on any atom is -0.484 e. The highest BCUT2D eigenvalue weighted by atomic mass is 32.2. The monoisotopic (exact) mass is 392 g/mol. The Balaban J connectivity index is 1.49. The number of benzene rings is 2. The van der Waals surface area contributed by atoms with Crippen molar-refractivity contribution >= 4 is 15.9 Å². The summed E-state index contributed by atoms with van der Waals surface area (Å²) < 4.78 is 44.7. The molecule has 1 aliphatic rings. The summed E-state index contributed by atoms with van der Waals surface area (Å²) in [5, 5.41) is 0. The minimum atomic E-state index is -3.42. The lowest BCUT2D eigenvalue weighted by Gasteiger charge is -2.34. The molecule has 0 bridgehead atoms. The van der Waals surface area contributed by atoms with Crippen LogP contribution < -0.4 is 4.74 Å². The number of sulfonamides is 1. The molecule has 1 aliphatic heterocycles. The van der Waals surface area contributed by atoms with Crippen molar-refractivity contribution in [2.45, 2.75) is 5.75 Å². The van der Waals surface area contributed by atoms with Gasteiger partial charge in [0.25, 0.3) is 5.91 Å². The van der Waals surface area contributed by atoms with Gasteiger partial charge in [0.15, 0.2) is 6.61 Å². The minimum absolute atomic E-state index is 0.0462. The predicted octanol–water partition coefficient (Wildman–Crippen LogP) is 1.88. The van der Waals surface area contributed by atoms with Crippen molar-refractivity contribution in [1.29, 1.82) is 0 Å². The van der Waals surface area contributed by atoms with E-state index in [1.807, 2.05) is 18.2 Å². The number of nitrogens with zero attached hydrogens (tertiary/aromatic N) is 2. The van der Waals surface area contributed by atoms with Crippen LogP contribution in [0.3, 0.4) is 0 Å². The molecule has 27 heavy (non-hydrogen) atoms. The maximum absolute atomic E-state index is 12.9. The summed E-state index contributed by atoms with van der Waals surface area (Å²) in [5.41, 5.74) is 0.740. The fourth-order valence-corrected chi connectivity index (χ4v) is 4.37. The number of rotatable bonds is 6. The van der Waals surface area contributed by atoms with Crippen LogP contribution in [-0.2, 0) is 20.6 Å². The quantitative estimate of drug-likeness (QED) is 0.753. The molecular formula is C19H21FN2O4S. The van der Waals surface area contributed by atoms with Crippen molar-refractivity contribution in [1.82, 2.24) is 9.21 Å². The molecular weight excluding hydrogens is 371 g/mol. The number of hydrogen-bond donors (Lipinski definition) is 0. The van der Waals surface area contributed by atoms with Crippen LogP contribution in [0, 0.1) is 5.82 Å². The van der Waals surface area contributed by atoms with E-state index in [1.54, 1.807) is 17.0 Å². The van der Waals surface area contributed by atoms with Crippen LogP contribution >= 0.6 is 0 Å². The molecule has 1 fully saturated rings. The summed E-state index contributed by atoms with van der Waals surface area (Å²) in [7, 11) is -3.42. The Labute approximate surface area is 158 Å². The van der Waals surface area contributed by atoms with E-state index < -0.39 is 10.0 Å². The molecule has 0 atom stereocenters. The second-order valence-corrected chi connectivity index (χ2v) is 8.23. The van der Waals surface area contributed by atoms with Gasteiger partial charge in [-0.1, -0.05) is 30.3 Å². The normalized spacial score (nSPS) is 15.5. The third-order valence-corrected chi connectivity index (χ3v) is 6.20. The first-order valence-corrected chi connectivity index (χ1v) is 10.2. The summed E-state index contributed by atoms with van der Waals surface area (Å²) in [6.07, 6.45) is 0. The molecule has 8 heteroatoms. The van der Waals surface area contributed by atoms with Gasteiger partial charge >= 0.3 is 0 Å². The lowest BCUT2D eigenvalue weighted by Crippen LogP contribution is -2.51. The van der Waals surface area contributed by atoms with Crippen molar-refractivity contribution in [2.75, 3.05) is 32.8 Å². The van der Waals surface area contributed by atoms with E-state index in [0.29, 0.717) is 18.8 Å². The number of ether oxygens (including phenoxy) is 1. The van der Waals surface area contributed by atoms with Crippen LogP contribution in [0.1, 0.15) is 5.56 Å². The van der Waals surface area contributed by atoms with E-state index in [2.05, 4.69) is 0 Å². The Kier molecular flexibility index (Phi) is 6.08. The molecule has 1 saturated heterocycles. The summed E-state index contributed by atoms with van der Waals surface area (Å²) in [6.45, 7) is 0.997. The van der Waals surface area contributed by atoms with E-state index in [0.717, 1.165) is 5.56 Å². The summed E-state index contributed by atoms with van der Waals surface area (Å²) in [4.78, 5) is 13.8. The molecule has 0 unspecified atom stereocenters. The highest BCUT2D eigenvalue weighted by Crippen LogP contribution is 2.15. The molecule has 0 aliphatic carbocycles. The highest BCUT2D eigenvalue weighted by molar-refractivity contribution is 7.88. The Bertz CT molecular complexity index is 864. The van der Waals surface area contributed by atoms with Crippen molar-refractivity contribution in [3.8, 4) is 5.75 Å². The lowest BCUT2D eigenvalue weighted by molar-refractivity contribution is -0.134. The maximum Gasteiger partial charge on any atom is 0.260 e. The van der Waals surface area contributed by atoms with Gasteiger partial charge in [0, 0.05) is 26.2 Å². The topological polar surface area (TPSA) is 66.9 Å². The van der Waals surface area contributed by atoms with E-state index in [9.17, 15) is 17.6 Å². The highest BCUT2D eigenvalue weighted by Gasteiger charge is 2.29. The summed E-state index contributed by atoms with van der Waals surface area (Å²) >= 11 is 0. The van der Waals surface area contributed by atoms with Gasteiger partial charge in [-0.25, -0.2) is 12.8 Å². The Morgan fingerprint density at radius 3 is 2.22 bits per heavy atom. The van der Waals surface area contributed by atoms with Gasteiger partial charge in [-0.3, -0.25) is 4.79 Å². The van der Waals surface area contributed by atoms with Crippen molar-refractivity contribution in [2.24, 2.45) is 0 Å². The molecule has 2 aromatic rings. The molecule has 6 nitrogen and oxygen atoms in total. The largest absolute Gasteiger partial charge is 0.484 e. The van der Waals surface area contributed by atoms with Gasteiger partial charge in [0.2, 0.25) is 10.0 Å². The molecule has 3 rings (SSSR count). The molecule has 2 aromatic carbocycles. The fraction of sp³-hybridized carbons (Fsp3) is 0.316. The zero-order valence-electron chi connectivity index (χ0n) is 14.8. The van der Waals surface area contributed by atoms with Gasteiger partial charge in [-0.15, -0.1) is 0 Å². The number of halogens is 1. The Morgan fingerprint density at radius 2 is 1.59 bits per heavy atom. The first-order valence-electron chi connectivity index (χ1n) is 8.62. The molecule has 0 radical (unpaired) electrons. The van der Waals surface area contributed by atoms with Crippen molar-refractivity contribution in [3.05, 3.63) is 66.0 Å². The van der Waals surface area contributed by atoms with E-state index >= 15 is 0 Å². The first-order chi connectivity index (χ1) is 12.9. The van der Waals surface area contributed by atoms with Crippen LogP contribution in [0.25, 0.3) is 0 Å². The first kappa shape index (κ1) is 19.3. The SMILES string of the molecule is O=C(COc1ccc(F)cc1)N1CCN(S(=O)(=O)Cc2ccccc2)CC1. The molecule has 1 heterocycles. The third kappa shape index (κ3) is 5.27. The average molecular weight is 392 g/mol. The number of amides is 1. The average Bonchev–Trinajstić information content (AvgIpc) is 2.68. The number of carbonyl (C=O) groups is 1. The molecule has 0 saturated carbocycles. The van der Waals surface area contributed by atoms with Crippen LogP contribution in [0.15, 0.2) is 54.6 Å². The summed E-state index contributed by atoms with van der Waals surface area (Å²) in [6, 6.07) is 14.5. The number of hydrogen-bond acceptors (Lipinski definition) is 4. The number of carbonyl (C=O) groups excluding carboxylic acids is 1. The maximum atomic E-state index is 12.9. The molecule has 1 amide bonds. The summed E-state index contributed by atoms with van der Waals surface area (Å²) in [5.74, 6) is -0.232. The second kappa shape index (κ2) is 8.49. The van der Waals surface area contributed by atoms with E-state index in [-0.39, 0.29) is 37.2 Å². The van der Waals surface area contributed by atoms with Crippen molar-refractivity contribution in [3.63, 3.8) is 0 Å². The van der Waals surface area contributed by atoms with E-state index in [1.165, 1.54) is 28.6 Å². The zero-order valence-corrected chi connectivity index (χ0v) is 15.6. The third-order valence-electron chi connectivity index (χ3n) is 4.35. The van der Waals surface area contributed by atoms with Crippen LogP contribution in [0.2, 0.25) is 0 Å². The van der Waals surface area contributed by atoms with Gasteiger partial charge in [-0.2, -0.15) is 4.31 Å². The standard InChI is InChI=1S/C19H21FN2O4S/c20-17-6-8-18(9-7-17)26-14-19(23)21-10-12-22(13-11-21)27(24,25)15-16-4-2-1-3-5-16/h1-9H,10-15H2. The van der Waals surface area contributed by atoms with Crippen LogP contribution in [-0.4, -0.2) is 56.3 Å². The van der Waals surface area contributed by atoms with Crippen LogP contribution in [0.4, 0.5) is 4.39 Å².